The van der Waals surface area contributed by atoms with Gasteiger partial charge in [0, 0.05) is 12.2 Å². The second kappa shape index (κ2) is 8.51. The summed E-state index contributed by atoms with van der Waals surface area (Å²) in [6.07, 6.45) is 0.395. The van der Waals surface area contributed by atoms with Crippen molar-refractivity contribution in [3.8, 4) is 0 Å². The summed E-state index contributed by atoms with van der Waals surface area (Å²) >= 11 is 0. The molecule has 1 aromatic heterocycles. The summed E-state index contributed by atoms with van der Waals surface area (Å²) in [6, 6.07) is 11.1. The number of halogens is 3. The number of aryl methyl sites for hydroxylation is 1. The lowest BCUT2D eigenvalue weighted by Gasteiger charge is -2.10. The first kappa shape index (κ1) is 19.3. The number of amides is 1. The van der Waals surface area contributed by atoms with Crippen LogP contribution < -0.4 is 10.6 Å². The molecule has 1 heterocycles. The molecule has 28 heavy (non-hydrogen) atoms. The predicted molar refractivity (Wildman–Crippen MR) is 99.7 cm³/mol. The Morgan fingerprint density at radius 1 is 0.964 bits per heavy atom. The summed E-state index contributed by atoms with van der Waals surface area (Å²) in [5.41, 5.74) is 0.430. The molecule has 0 aliphatic rings. The van der Waals surface area contributed by atoms with Crippen molar-refractivity contribution >= 4 is 17.5 Å². The number of aromatic nitrogens is 2. The quantitative estimate of drug-likeness (QED) is 0.669. The minimum Gasteiger partial charge on any atom is -0.354 e. The summed E-state index contributed by atoms with van der Waals surface area (Å²) in [7, 11) is 0. The van der Waals surface area contributed by atoms with Crippen LogP contribution in [0.2, 0.25) is 0 Å². The van der Waals surface area contributed by atoms with Gasteiger partial charge >= 0.3 is 0 Å². The van der Waals surface area contributed by atoms with Crippen LogP contribution >= 0.6 is 0 Å². The molecule has 0 atom stereocenters. The third-order valence-corrected chi connectivity index (χ3v) is 3.92. The first-order valence-corrected chi connectivity index (χ1v) is 8.52. The van der Waals surface area contributed by atoms with Gasteiger partial charge in [0.1, 0.15) is 28.8 Å². The van der Waals surface area contributed by atoms with Crippen LogP contribution in [0.1, 0.15) is 21.7 Å². The smallest absolute Gasteiger partial charge is 0.274 e. The lowest BCUT2D eigenvalue weighted by molar-refractivity contribution is 0.102. The SMILES string of the molecule is Cc1cc(C(=O)Nc2c(F)cccc2F)nc(NCCc2ccccc2F)n1. The zero-order valence-electron chi connectivity index (χ0n) is 15.0. The van der Waals surface area contributed by atoms with Gasteiger partial charge in [-0.2, -0.15) is 0 Å². The van der Waals surface area contributed by atoms with Gasteiger partial charge in [-0.3, -0.25) is 4.79 Å². The fraction of sp³-hybridized carbons (Fsp3) is 0.150. The average Bonchev–Trinajstić information content (AvgIpc) is 2.66. The molecule has 0 bridgehead atoms. The molecule has 0 aliphatic heterocycles. The molecule has 144 valence electrons. The highest BCUT2D eigenvalue weighted by atomic mass is 19.1. The minimum absolute atomic E-state index is 0.0523. The summed E-state index contributed by atoms with van der Waals surface area (Å²) in [4.78, 5) is 20.6. The van der Waals surface area contributed by atoms with E-state index >= 15 is 0 Å². The van der Waals surface area contributed by atoms with Crippen LogP contribution in [-0.2, 0) is 6.42 Å². The van der Waals surface area contributed by atoms with E-state index in [1.54, 1.807) is 25.1 Å². The van der Waals surface area contributed by atoms with Gasteiger partial charge in [0.05, 0.1) is 0 Å². The standard InChI is InChI=1S/C20H17F3N4O/c1-12-11-17(19(28)27-18-15(22)7-4-8-16(18)23)26-20(25-12)24-10-9-13-5-2-3-6-14(13)21/h2-8,11H,9-10H2,1H3,(H,27,28)(H,24,25,26). The van der Waals surface area contributed by atoms with Gasteiger partial charge in [0.25, 0.3) is 5.91 Å². The fourth-order valence-corrected chi connectivity index (χ4v) is 2.57. The van der Waals surface area contributed by atoms with Crippen molar-refractivity contribution in [1.29, 1.82) is 0 Å². The van der Waals surface area contributed by atoms with Crippen molar-refractivity contribution in [2.45, 2.75) is 13.3 Å². The number of benzene rings is 2. The van der Waals surface area contributed by atoms with Gasteiger partial charge in [0.15, 0.2) is 0 Å². The number of para-hydroxylation sites is 1. The lowest BCUT2D eigenvalue weighted by atomic mass is 10.1. The van der Waals surface area contributed by atoms with E-state index in [1.807, 2.05) is 0 Å². The first-order valence-electron chi connectivity index (χ1n) is 8.52. The van der Waals surface area contributed by atoms with Gasteiger partial charge in [-0.05, 0) is 43.2 Å². The van der Waals surface area contributed by atoms with Crippen LogP contribution in [0.5, 0.6) is 0 Å². The number of anilines is 2. The van der Waals surface area contributed by atoms with Crippen molar-refractivity contribution in [2.75, 3.05) is 17.2 Å². The topological polar surface area (TPSA) is 66.9 Å². The Morgan fingerprint density at radius 2 is 1.64 bits per heavy atom. The molecule has 0 spiro atoms. The maximum Gasteiger partial charge on any atom is 0.274 e. The molecule has 2 N–H and O–H groups in total. The van der Waals surface area contributed by atoms with Crippen molar-refractivity contribution in [2.24, 2.45) is 0 Å². The van der Waals surface area contributed by atoms with E-state index in [2.05, 4.69) is 20.6 Å². The zero-order valence-corrected chi connectivity index (χ0v) is 15.0. The highest BCUT2D eigenvalue weighted by Crippen LogP contribution is 2.19. The summed E-state index contributed by atoms with van der Waals surface area (Å²) < 4.78 is 41.1. The molecule has 0 radical (unpaired) electrons. The molecular weight excluding hydrogens is 369 g/mol. The van der Waals surface area contributed by atoms with E-state index in [0.29, 0.717) is 24.2 Å². The molecule has 0 saturated heterocycles. The Morgan fingerprint density at radius 3 is 2.36 bits per heavy atom. The number of carbonyl (C=O) groups is 1. The van der Waals surface area contributed by atoms with Crippen LogP contribution in [0.15, 0.2) is 48.5 Å². The Kier molecular flexibility index (Phi) is 5.88. The van der Waals surface area contributed by atoms with Crippen molar-refractivity contribution in [3.63, 3.8) is 0 Å². The van der Waals surface area contributed by atoms with E-state index in [0.717, 1.165) is 12.1 Å². The summed E-state index contributed by atoms with van der Waals surface area (Å²) in [5, 5.41) is 5.11. The van der Waals surface area contributed by atoms with Crippen LogP contribution in [0.3, 0.4) is 0 Å². The maximum absolute atomic E-state index is 13.7. The van der Waals surface area contributed by atoms with Crippen LogP contribution in [0.25, 0.3) is 0 Å². The number of hydrogen-bond acceptors (Lipinski definition) is 4. The number of hydrogen-bond donors (Lipinski definition) is 2. The third kappa shape index (κ3) is 4.64. The number of carbonyl (C=O) groups excluding carboxylic acids is 1. The largest absolute Gasteiger partial charge is 0.354 e. The summed E-state index contributed by atoms with van der Waals surface area (Å²) in [6.45, 7) is 2.00. The van der Waals surface area contributed by atoms with E-state index in [-0.39, 0.29) is 17.5 Å². The highest BCUT2D eigenvalue weighted by Gasteiger charge is 2.16. The van der Waals surface area contributed by atoms with Crippen LogP contribution in [-0.4, -0.2) is 22.4 Å². The lowest BCUT2D eigenvalue weighted by Crippen LogP contribution is -2.18. The van der Waals surface area contributed by atoms with Crippen molar-refractivity contribution < 1.29 is 18.0 Å². The molecule has 0 fully saturated rings. The third-order valence-electron chi connectivity index (χ3n) is 3.92. The molecule has 8 heteroatoms. The number of nitrogens with zero attached hydrogens (tertiary/aromatic N) is 2. The fourth-order valence-electron chi connectivity index (χ4n) is 2.57. The molecule has 2 aromatic carbocycles. The minimum atomic E-state index is -0.887. The number of nitrogens with one attached hydrogen (secondary N) is 2. The Hall–Kier alpha value is -3.42. The summed E-state index contributed by atoms with van der Waals surface area (Å²) in [5.74, 6) is -2.69. The number of rotatable bonds is 6. The van der Waals surface area contributed by atoms with E-state index in [4.69, 9.17) is 0 Å². The Balaban J connectivity index is 1.70. The van der Waals surface area contributed by atoms with Gasteiger partial charge in [-0.15, -0.1) is 0 Å². The predicted octanol–water partition coefficient (Wildman–Crippen LogP) is 4.11. The molecule has 5 nitrogen and oxygen atoms in total. The van der Waals surface area contributed by atoms with E-state index in [9.17, 15) is 18.0 Å². The van der Waals surface area contributed by atoms with E-state index in [1.165, 1.54) is 18.2 Å². The second-order valence-corrected chi connectivity index (χ2v) is 6.04. The average molecular weight is 386 g/mol. The van der Waals surface area contributed by atoms with Crippen molar-refractivity contribution in [1.82, 2.24) is 9.97 Å². The first-order chi connectivity index (χ1) is 13.4. The van der Waals surface area contributed by atoms with Crippen LogP contribution in [0.4, 0.5) is 24.8 Å². The van der Waals surface area contributed by atoms with Gasteiger partial charge in [0.2, 0.25) is 5.95 Å². The van der Waals surface area contributed by atoms with Gasteiger partial charge < -0.3 is 10.6 Å². The van der Waals surface area contributed by atoms with Gasteiger partial charge in [-0.1, -0.05) is 24.3 Å². The molecule has 3 rings (SSSR count). The molecule has 0 saturated carbocycles. The molecule has 1 amide bonds. The second-order valence-electron chi connectivity index (χ2n) is 6.04. The Labute approximate surface area is 159 Å². The molecule has 0 unspecified atom stereocenters. The van der Waals surface area contributed by atoms with E-state index < -0.39 is 23.2 Å². The zero-order chi connectivity index (χ0) is 20.1. The monoisotopic (exact) mass is 386 g/mol. The molecular formula is C20H17F3N4O. The molecule has 3 aromatic rings. The van der Waals surface area contributed by atoms with Gasteiger partial charge in [-0.25, -0.2) is 23.1 Å². The molecule has 0 aliphatic carbocycles. The normalized spacial score (nSPS) is 10.6. The van der Waals surface area contributed by atoms with Crippen molar-refractivity contribution in [3.05, 3.63) is 82.9 Å². The van der Waals surface area contributed by atoms with Crippen LogP contribution in [0, 0.1) is 24.4 Å². The Bertz CT molecular complexity index is 990. The maximum atomic E-state index is 13.7. The highest BCUT2D eigenvalue weighted by molar-refractivity contribution is 6.03.